The number of pyridine rings is 1. The van der Waals surface area contributed by atoms with Crippen molar-refractivity contribution in [1.82, 2.24) is 14.9 Å². The smallest absolute Gasteiger partial charge is 0.224 e. The number of aryl methyl sites for hydroxylation is 1. The number of amides is 1. The molecule has 3 rings (SSSR count). The van der Waals surface area contributed by atoms with Crippen LogP contribution >= 0.6 is 11.6 Å². The predicted octanol–water partition coefficient (Wildman–Crippen LogP) is 3.09. The van der Waals surface area contributed by atoms with Crippen molar-refractivity contribution in [3.63, 3.8) is 0 Å². The maximum absolute atomic E-state index is 12.1. The van der Waals surface area contributed by atoms with Gasteiger partial charge in [0.1, 0.15) is 5.65 Å². The highest BCUT2D eigenvalue weighted by molar-refractivity contribution is 6.30. The minimum Gasteiger partial charge on any atom is -0.352 e. The Labute approximate surface area is 133 Å². The molecule has 1 aromatic carbocycles. The molecule has 0 fully saturated rings. The Bertz CT molecular complexity index is 808. The van der Waals surface area contributed by atoms with Crippen molar-refractivity contribution in [3.8, 4) is 0 Å². The molecule has 0 radical (unpaired) electrons. The number of carbonyl (C=O) groups excluding carboxylic acids is 1. The van der Waals surface area contributed by atoms with E-state index in [9.17, 15) is 4.79 Å². The molecule has 3 aromatic rings. The average Bonchev–Trinajstić information content (AvgIpc) is 2.83. The van der Waals surface area contributed by atoms with E-state index in [-0.39, 0.29) is 5.91 Å². The van der Waals surface area contributed by atoms with Crippen molar-refractivity contribution in [3.05, 3.63) is 64.9 Å². The van der Waals surface area contributed by atoms with E-state index in [1.54, 1.807) is 6.20 Å². The van der Waals surface area contributed by atoms with Crippen LogP contribution in [0.2, 0.25) is 5.02 Å². The molecule has 0 bridgehead atoms. The van der Waals surface area contributed by atoms with E-state index in [1.807, 2.05) is 54.2 Å². The van der Waals surface area contributed by atoms with Gasteiger partial charge in [-0.3, -0.25) is 4.79 Å². The van der Waals surface area contributed by atoms with E-state index in [2.05, 4.69) is 10.3 Å². The highest BCUT2D eigenvalue weighted by atomic mass is 35.5. The number of hydrogen-bond donors (Lipinski definition) is 1. The van der Waals surface area contributed by atoms with Crippen LogP contribution in [0.5, 0.6) is 0 Å². The topological polar surface area (TPSA) is 46.9 Å². The minimum absolute atomic E-state index is 0.00805. The second-order valence-electron chi connectivity index (χ2n) is 5.22. The van der Waals surface area contributed by atoms with Crippen LogP contribution in [-0.4, -0.2) is 15.5 Å². The summed E-state index contributed by atoms with van der Waals surface area (Å²) in [5.74, 6) is -0.00805. The van der Waals surface area contributed by atoms with Crippen LogP contribution in [0.25, 0.3) is 11.0 Å². The summed E-state index contributed by atoms with van der Waals surface area (Å²) in [5, 5.41) is 4.64. The fraction of sp³-hybridized carbons (Fsp3) is 0.176. The number of aromatic nitrogens is 2. The molecule has 2 aromatic heterocycles. The predicted molar refractivity (Wildman–Crippen MR) is 87.7 cm³/mol. The summed E-state index contributed by atoms with van der Waals surface area (Å²) in [4.78, 5) is 16.5. The van der Waals surface area contributed by atoms with Crippen molar-refractivity contribution in [2.75, 3.05) is 0 Å². The van der Waals surface area contributed by atoms with Gasteiger partial charge >= 0.3 is 0 Å². The van der Waals surface area contributed by atoms with E-state index in [1.165, 1.54) is 0 Å². The van der Waals surface area contributed by atoms with Gasteiger partial charge in [0.15, 0.2) is 0 Å². The maximum atomic E-state index is 12.1. The molecule has 1 amide bonds. The molecule has 0 saturated heterocycles. The average molecular weight is 314 g/mol. The zero-order valence-corrected chi connectivity index (χ0v) is 13.0. The molecule has 0 aliphatic rings. The van der Waals surface area contributed by atoms with Crippen molar-refractivity contribution in [1.29, 1.82) is 0 Å². The lowest BCUT2D eigenvalue weighted by molar-refractivity contribution is -0.120. The van der Waals surface area contributed by atoms with Gasteiger partial charge < -0.3 is 9.88 Å². The third-order valence-electron chi connectivity index (χ3n) is 3.57. The summed E-state index contributed by atoms with van der Waals surface area (Å²) < 4.78 is 1.94. The quantitative estimate of drug-likeness (QED) is 0.804. The van der Waals surface area contributed by atoms with Crippen LogP contribution in [-0.2, 0) is 24.8 Å². The number of nitrogens with one attached hydrogen (secondary N) is 1. The van der Waals surface area contributed by atoms with Gasteiger partial charge in [-0.05, 0) is 35.4 Å². The molecule has 0 aliphatic carbocycles. The van der Waals surface area contributed by atoms with Crippen LogP contribution in [0, 0.1) is 0 Å². The summed E-state index contributed by atoms with van der Waals surface area (Å²) >= 11 is 5.84. The first kappa shape index (κ1) is 14.6. The molecule has 0 unspecified atom stereocenters. The molecule has 1 N–H and O–H groups in total. The van der Waals surface area contributed by atoms with Gasteiger partial charge in [-0.25, -0.2) is 4.98 Å². The number of fused-ring (bicyclic) bond motifs is 1. The zero-order valence-electron chi connectivity index (χ0n) is 12.2. The second-order valence-corrected chi connectivity index (χ2v) is 5.66. The first-order chi connectivity index (χ1) is 10.6. The van der Waals surface area contributed by atoms with Gasteiger partial charge in [-0.1, -0.05) is 23.7 Å². The number of hydrogen-bond acceptors (Lipinski definition) is 2. The Hall–Kier alpha value is -2.33. The van der Waals surface area contributed by atoms with E-state index in [0.29, 0.717) is 18.0 Å². The van der Waals surface area contributed by atoms with Gasteiger partial charge in [-0.2, -0.15) is 0 Å². The Kier molecular flexibility index (Phi) is 4.11. The Morgan fingerprint density at radius 2 is 2.05 bits per heavy atom. The molecular weight excluding hydrogens is 298 g/mol. The highest BCUT2D eigenvalue weighted by Crippen LogP contribution is 2.18. The molecule has 5 heteroatoms. The first-order valence-corrected chi connectivity index (χ1v) is 7.41. The normalized spacial score (nSPS) is 10.8. The SMILES string of the molecule is Cn1cc(CC(=O)NCc2ccc(Cl)cc2)c2cccnc21. The van der Waals surface area contributed by atoms with Crippen molar-refractivity contribution >= 4 is 28.5 Å². The molecule has 2 heterocycles. The van der Waals surface area contributed by atoms with Gasteiger partial charge in [0.2, 0.25) is 5.91 Å². The minimum atomic E-state index is -0.00805. The lowest BCUT2D eigenvalue weighted by atomic mass is 10.1. The Balaban J connectivity index is 1.67. The van der Waals surface area contributed by atoms with Crippen LogP contribution in [0.1, 0.15) is 11.1 Å². The largest absolute Gasteiger partial charge is 0.352 e. The monoisotopic (exact) mass is 313 g/mol. The summed E-state index contributed by atoms with van der Waals surface area (Å²) in [5.41, 5.74) is 2.90. The van der Waals surface area contributed by atoms with Gasteiger partial charge in [0, 0.05) is 36.4 Å². The van der Waals surface area contributed by atoms with Gasteiger partial charge in [0.05, 0.1) is 6.42 Å². The summed E-state index contributed by atoms with van der Waals surface area (Å²) in [6.07, 6.45) is 4.06. The third-order valence-corrected chi connectivity index (χ3v) is 3.82. The second kappa shape index (κ2) is 6.20. The van der Waals surface area contributed by atoms with Crippen LogP contribution < -0.4 is 5.32 Å². The molecule has 0 aliphatic heterocycles. The standard InChI is InChI=1S/C17H16ClN3O/c1-21-11-13(15-3-2-8-19-17(15)21)9-16(22)20-10-12-4-6-14(18)7-5-12/h2-8,11H,9-10H2,1H3,(H,20,22). The van der Waals surface area contributed by atoms with E-state index in [0.717, 1.165) is 22.2 Å². The van der Waals surface area contributed by atoms with Crippen molar-refractivity contribution in [2.24, 2.45) is 7.05 Å². The number of halogens is 1. The Morgan fingerprint density at radius 1 is 1.27 bits per heavy atom. The van der Waals surface area contributed by atoms with Crippen molar-refractivity contribution < 1.29 is 4.79 Å². The Morgan fingerprint density at radius 3 is 2.82 bits per heavy atom. The van der Waals surface area contributed by atoms with E-state index in [4.69, 9.17) is 11.6 Å². The number of benzene rings is 1. The number of rotatable bonds is 4. The molecular formula is C17H16ClN3O. The molecule has 0 atom stereocenters. The third kappa shape index (κ3) is 3.12. The van der Waals surface area contributed by atoms with Crippen LogP contribution in [0.15, 0.2) is 48.8 Å². The lowest BCUT2D eigenvalue weighted by Crippen LogP contribution is -2.24. The number of carbonyl (C=O) groups is 1. The van der Waals surface area contributed by atoms with Gasteiger partial charge in [-0.15, -0.1) is 0 Å². The molecule has 112 valence electrons. The van der Waals surface area contributed by atoms with E-state index >= 15 is 0 Å². The lowest BCUT2D eigenvalue weighted by Gasteiger charge is -2.05. The van der Waals surface area contributed by atoms with Crippen LogP contribution in [0.4, 0.5) is 0 Å². The van der Waals surface area contributed by atoms with Crippen LogP contribution in [0.3, 0.4) is 0 Å². The summed E-state index contributed by atoms with van der Waals surface area (Å²) in [6.45, 7) is 0.499. The molecule has 0 saturated carbocycles. The molecule has 0 spiro atoms. The molecule has 22 heavy (non-hydrogen) atoms. The zero-order chi connectivity index (χ0) is 15.5. The molecule has 4 nitrogen and oxygen atoms in total. The van der Waals surface area contributed by atoms with Crippen molar-refractivity contribution in [2.45, 2.75) is 13.0 Å². The maximum Gasteiger partial charge on any atom is 0.224 e. The van der Waals surface area contributed by atoms with Gasteiger partial charge in [0.25, 0.3) is 0 Å². The highest BCUT2D eigenvalue weighted by Gasteiger charge is 2.10. The summed E-state index contributed by atoms with van der Waals surface area (Å²) in [6, 6.07) is 11.3. The first-order valence-electron chi connectivity index (χ1n) is 7.03. The fourth-order valence-electron chi connectivity index (χ4n) is 2.47. The number of nitrogens with zero attached hydrogens (tertiary/aromatic N) is 2. The fourth-order valence-corrected chi connectivity index (χ4v) is 2.60. The van der Waals surface area contributed by atoms with E-state index < -0.39 is 0 Å². The summed E-state index contributed by atoms with van der Waals surface area (Å²) in [7, 11) is 1.93.